The number of carbonyl (C=O) groups is 1. The summed E-state index contributed by atoms with van der Waals surface area (Å²) in [6.45, 7) is 5.31. The average Bonchev–Trinajstić information content (AvgIpc) is 2.48. The van der Waals surface area contributed by atoms with E-state index in [1.54, 1.807) is 0 Å². The van der Waals surface area contributed by atoms with E-state index < -0.39 is 5.97 Å². The van der Waals surface area contributed by atoms with E-state index in [2.05, 4.69) is 49.1 Å². The molecule has 2 aromatic rings. The van der Waals surface area contributed by atoms with Gasteiger partial charge in [0.15, 0.2) is 0 Å². The van der Waals surface area contributed by atoms with Gasteiger partial charge in [-0.2, -0.15) is 0 Å². The molecule has 0 bridgehead atoms. The van der Waals surface area contributed by atoms with E-state index in [9.17, 15) is 4.79 Å². The van der Waals surface area contributed by atoms with Crippen LogP contribution in [0.25, 0.3) is 0 Å². The maximum atomic E-state index is 10.8. The molecule has 2 rings (SSSR count). The molecule has 22 heavy (non-hydrogen) atoms. The average molecular weight is 297 g/mol. The van der Waals surface area contributed by atoms with Crippen LogP contribution in [-0.4, -0.2) is 23.7 Å². The lowest BCUT2D eigenvalue weighted by Crippen LogP contribution is -2.34. The van der Waals surface area contributed by atoms with Gasteiger partial charge in [-0.05, 0) is 43.5 Å². The van der Waals surface area contributed by atoms with Crippen LogP contribution in [0.1, 0.15) is 25.0 Å². The minimum absolute atomic E-state index is 0.0817. The molecule has 0 saturated carbocycles. The molecule has 0 fully saturated rings. The highest BCUT2D eigenvalue weighted by Crippen LogP contribution is 2.19. The minimum atomic E-state index is -0.787. The first-order chi connectivity index (χ1) is 10.6. The van der Waals surface area contributed by atoms with Crippen molar-refractivity contribution in [3.05, 3.63) is 65.7 Å². The molecule has 2 aromatic carbocycles. The first-order valence-electron chi connectivity index (χ1n) is 7.71. The summed E-state index contributed by atoms with van der Waals surface area (Å²) < 4.78 is 0. The number of anilines is 1. The van der Waals surface area contributed by atoms with E-state index >= 15 is 0 Å². The Balaban J connectivity index is 2.10. The standard InChI is InChI=1S/C19H23NO2/c1-3-20(18-10-5-4-6-11-18)15(2)12-16-8-7-9-17(13-16)14-19(21)22/h4-11,13,15H,3,12,14H2,1-2H3,(H,21,22)/t15-/m0/s1. The second-order valence-corrected chi connectivity index (χ2v) is 5.57. The number of hydrogen-bond acceptors (Lipinski definition) is 2. The molecule has 0 saturated heterocycles. The van der Waals surface area contributed by atoms with Crippen molar-refractivity contribution in [1.29, 1.82) is 0 Å². The van der Waals surface area contributed by atoms with Gasteiger partial charge in [0.1, 0.15) is 0 Å². The van der Waals surface area contributed by atoms with Gasteiger partial charge in [0.25, 0.3) is 0 Å². The van der Waals surface area contributed by atoms with E-state index in [0.717, 1.165) is 18.5 Å². The zero-order valence-corrected chi connectivity index (χ0v) is 13.2. The SMILES string of the molecule is CCN(c1ccccc1)[C@@H](C)Cc1cccc(CC(=O)O)c1. The van der Waals surface area contributed by atoms with Crippen LogP contribution in [0.15, 0.2) is 54.6 Å². The zero-order chi connectivity index (χ0) is 15.9. The number of rotatable bonds is 7. The fourth-order valence-electron chi connectivity index (χ4n) is 2.86. The molecular formula is C19H23NO2. The molecular weight excluding hydrogens is 274 g/mol. The normalized spacial score (nSPS) is 11.9. The summed E-state index contributed by atoms with van der Waals surface area (Å²) in [6, 6.07) is 18.6. The summed E-state index contributed by atoms with van der Waals surface area (Å²) in [6.07, 6.45) is 0.981. The van der Waals surface area contributed by atoms with Crippen LogP contribution >= 0.6 is 0 Å². The highest BCUT2D eigenvalue weighted by molar-refractivity contribution is 5.70. The Morgan fingerprint density at radius 2 is 1.77 bits per heavy atom. The fourth-order valence-corrected chi connectivity index (χ4v) is 2.86. The van der Waals surface area contributed by atoms with Crippen molar-refractivity contribution in [2.75, 3.05) is 11.4 Å². The molecule has 3 nitrogen and oxygen atoms in total. The number of para-hydroxylation sites is 1. The molecule has 1 N–H and O–H groups in total. The van der Waals surface area contributed by atoms with Gasteiger partial charge in [-0.1, -0.05) is 42.5 Å². The topological polar surface area (TPSA) is 40.5 Å². The van der Waals surface area contributed by atoms with E-state index in [1.165, 1.54) is 11.3 Å². The number of carboxylic acid groups (broad SMARTS) is 1. The van der Waals surface area contributed by atoms with Crippen LogP contribution in [0.4, 0.5) is 5.69 Å². The van der Waals surface area contributed by atoms with Crippen LogP contribution in [0, 0.1) is 0 Å². The summed E-state index contributed by atoms with van der Waals surface area (Å²) in [5, 5.41) is 8.91. The summed E-state index contributed by atoms with van der Waals surface area (Å²) in [5.41, 5.74) is 3.26. The summed E-state index contributed by atoms with van der Waals surface area (Å²) in [4.78, 5) is 13.2. The minimum Gasteiger partial charge on any atom is -0.481 e. The lowest BCUT2D eigenvalue weighted by Gasteiger charge is -2.30. The number of nitrogens with zero attached hydrogens (tertiary/aromatic N) is 1. The van der Waals surface area contributed by atoms with Crippen molar-refractivity contribution >= 4 is 11.7 Å². The highest BCUT2D eigenvalue weighted by atomic mass is 16.4. The van der Waals surface area contributed by atoms with Crippen molar-refractivity contribution in [2.24, 2.45) is 0 Å². The Labute approximate surface area is 132 Å². The number of benzene rings is 2. The maximum absolute atomic E-state index is 10.8. The third-order valence-electron chi connectivity index (χ3n) is 3.84. The summed E-state index contributed by atoms with van der Waals surface area (Å²) in [7, 11) is 0. The molecule has 1 atom stereocenters. The second-order valence-electron chi connectivity index (χ2n) is 5.57. The molecule has 3 heteroatoms. The molecule has 0 unspecified atom stereocenters. The number of carboxylic acids is 1. The number of likely N-dealkylation sites (N-methyl/N-ethyl adjacent to an activating group) is 1. The van der Waals surface area contributed by atoms with Crippen LogP contribution in [0.2, 0.25) is 0 Å². The van der Waals surface area contributed by atoms with Gasteiger partial charge in [0, 0.05) is 18.3 Å². The van der Waals surface area contributed by atoms with Gasteiger partial charge in [-0.3, -0.25) is 4.79 Å². The van der Waals surface area contributed by atoms with Gasteiger partial charge < -0.3 is 10.0 Å². The zero-order valence-electron chi connectivity index (χ0n) is 13.2. The van der Waals surface area contributed by atoms with Gasteiger partial charge in [-0.15, -0.1) is 0 Å². The molecule has 0 aliphatic heterocycles. The van der Waals surface area contributed by atoms with Crippen molar-refractivity contribution in [1.82, 2.24) is 0 Å². The van der Waals surface area contributed by atoms with Gasteiger partial charge in [-0.25, -0.2) is 0 Å². The molecule has 0 spiro atoms. The Hall–Kier alpha value is -2.29. The second kappa shape index (κ2) is 7.64. The summed E-state index contributed by atoms with van der Waals surface area (Å²) >= 11 is 0. The van der Waals surface area contributed by atoms with Crippen molar-refractivity contribution in [2.45, 2.75) is 32.7 Å². The molecule has 0 aromatic heterocycles. The molecule has 0 heterocycles. The predicted molar refractivity (Wildman–Crippen MR) is 90.4 cm³/mol. The lowest BCUT2D eigenvalue weighted by atomic mass is 10.0. The van der Waals surface area contributed by atoms with Crippen LogP contribution in [0.5, 0.6) is 0 Å². The molecule has 0 aliphatic carbocycles. The number of hydrogen-bond donors (Lipinski definition) is 1. The Morgan fingerprint density at radius 1 is 1.09 bits per heavy atom. The van der Waals surface area contributed by atoms with Gasteiger partial charge in [0.2, 0.25) is 0 Å². The smallest absolute Gasteiger partial charge is 0.307 e. The lowest BCUT2D eigenvalue weighted by molar-refractivity contribution is -0.136. The Morgan fingerprint density at radius 3 is 2.41 bits per heavy atom. The number of aliphatic carboxylic acids is 1. The monoisotopic (exact) mass is 297 g/mol. The first-order valence-corrected chi connectivity index (χ1v) is 7.71. The van der Waals surface area contributed by atoms with Crippen molar-refractivity contribution < 1.29 is 9.90 Å². The largest absolute Gasteiger partial charge is 0.481 e. The molecule has 0 aliphatic rings. The summed E-state index contributed by atoms with van der Waals surface area (Å²) in [5.74, 6) is -0.787. The Bertz CT molecular complexity index is 610. The van der Waals surface area contributed by atoms with Gasteiger partial charge >= 0.3 is 5.97 Å². The molecule has 0 amide bonds. The Kier molecular flexibility index (Phi) is 5.59. The van der Waals surface area contributed by atoms with Crippen LogP contribution in [0.3, 0.4) is 0 Å². The van der Waals surface area contributed by atoms with E-state index in [4.69, 9.17) is 5.11 Å². The van der Waals surface area contributed by atoms with Gasteiger partial charge in [0.05, 0.1) is 6.42 Å². The van der Waals surface area contributed by atoms with Crippen LogP contribution < -0.4 is 4.90 Å². The maximum Gasteiger partial charge on any atom is 0.307 e. The van der Waals surface area contributed by atoms with Crippen LogP contribution in [-0.2, 0) is 17.6 Å². The van der Waals surface area contributed by atoms with Crippen molar-refractivity contribution in [3.8, 4) is 0 Å². The predicted octanol–water partition coefficient (Wildman–Crippen LogP) is 3.77. The molecule has 116 valence electrons. The quantitative estimate of drug-likeness (QED) is 0.845. The van der Waals surface area contributed by atoms with Crippen molar-refractivity contribution in [3.63, 3.8) is 0 Å². The highest BCUT2D eigenvalue weighted by Gasteiger charge is 2.13. The van der Waals surface area contributed by atoms with E-state index in [0.29, 0.717) is 6.04 Å². The first kappa shape index (κ1) is 16.1. The molecule has 0 radical (unpaired) electrons. The third kappa shape index (κ3) is 4.35. The third-order valence-corrected chi connectivity index (χ3v) is 3.84. The fraction of sp³-hybridized carbons (Fsp3) is 0.316. The van der Waals surface area contributed by atoms with E-state index in [-0.39, 0.29) is 6.42 Å². The van der Waals surface area contributed by atoms with E-state index in [1.807, 2.05) is 24.3 Å².